The van der Waals surface area contributed by atoms with Crippen LogP contribution < -0.4 is 10.0 Å². The van der Waals surface area contributed by atoms with E-state index in [1.165, 1.54) is 18.2 Å². The summed E-state index contributed by atoms with van der Waals surface area (Å²) in [5, 5.41) is 2.77. The number of sulfonamides is 1. The molecule has 4 aromatic carbocycles. The van der Waals surface area contributed by atoms with Gasteiger partial charge < -0.3 is 5.32 Å². The van der Waals surface area contributed by atoms with E-state index < -0.39 is 15.8 Å². The number of anilines is 2. The van der Waals surface area contributed by atoms with Gasteiger partial charge in [-0.1, -0.05) is 48.5 Å². The van der Waals surface area contributed by atoms with Crippen LogP contribution in [0.15, 0.2) is 108 Å². The number of carbonyl (C=O) groups is 1. The molecule has 1 amide bonds. The number of rotatable bonds is 6. The molecule has 160 valence electrons. The van der Waals surface area contributed by atoms with Crippen molar-refractivity contribution in [2.24, 2.45) is 0 Å². The fourth-order valence-corrected chi connectivity index (χ4v) is 4.19. The molecule has 0 atom stereocenters. The average molecular weight is 447 g/mol. The zero-order valence-corrected chi connectivity index (χ0v) is 17.6. The quantitative estimate of drug-likeness (QED) is 0.408. The minimum Gasteiger partial charge on any atom is -0.322 e. The molecule has 0 aromatic heterocycles. The van der Waals surface area contributed by atoms with Crippen LogP contribution in [0.1, 0.15) is 10.4 Å². The van der Waals surface area contributed by atoms with Gasteiger partial charge in [-0.05, 0) is 65.7 Å². The van der Waals surface area contributed by atoms with E-state index >= 15 is 0 Å². The first kappa shape index (κ1) is 21.3. The van der Waals surface area contributed by atoms with Crippen molar-refractivity contribution in [2.45, 2.75) is 4.90 Å². The highest BCUT2D eigenvalue weighted by Crippen LogP contribution is 2.22. The van der Waals surface area contributed by atoms with Crippen molar-refractivity contribution in [1.82, 2.24) is 0 Å². The lowest BCUT2D eigenvalue weighted by atomic mass is 10.0. The first-order valence-corrected chi connectivity index (χ1v) is 11.2. The molecule has 0 saturated heterocycles. The van der Waals surface area contributed by atoms with Gasteiger partial charge in [0.15, 0.2) is 0 Å². The molecular formula is C25H19FN2O3S. The van der Waals surface area contributed by atoms with Gasteiger partial charge >= 0.3 is 0 Å². The van der Waals surface area contributed by atoms with Crippen LogP contribution in [0.4, 0.5) is 15.8 Å². The molecule has 0 aliphatic rings. The maximum absolute atomic E-state index is 13.1. The molecule has 0 aliphatic carbocycles. The van der Waals surface area contributed by atoms with Crippen LogP contribution in [0.5, 0.6) is 0 Å². The smallest absolute Gasteiger partial charge is 0.261 e. The van der Waals surface area contributed by atoms with Gasteiger partial charge in [0.2, 0.25) is 0 Å². The summed E-state index contributed by atoms with van der Waals surface area (Å²) in [5.41, 5.74) is 3.23. The third-order valence-electron chi connectivity index (χ3n) is 4.75. The van der Waals surface area contributed by atoms with Gasteiger partial charge in [0.1, 0.15) is 5.82 Å². The standard InChI is InChI=1S/C25H19FN2O3S/c26-21-13-15-24(16-14-21)32(30,31)28-23-8-4-7-22(17-23)27-25(29)20-11-9-19(10-12-20)18-5-2-1-3-6-18/h1-17,28H,(H,27,29). The van der Waals surface area contributed by atoms with Crippen molar-refractivity contribution in [3.63, 3.8) is 0 Å². The van der Waals surface area contributed by atoms with Crippen LogP contribution in [0.25, 0.3) is 11.1 Å². The highest BCUT2D eigenvalue weighted by molar-refractivity contribution is 7.92. The number of benzene rings is 4. The fourth-order valence-electron chi connectivity index (χ4n) is 3.14. The summed E-state index contributed by atoms with van der Waals surface area (Å²) in [6.07, 6.45) is 0. The topological polar surface area (TPSA) is 75.3 Å². The molecule has 0 saturated carbocycles. The van der Waals surface area contributed by atoms with Gasteiger partial charge in [-0.2, -0.15) is 0 Å². The lowest BCUT2D eigenvalue weighted by molar-refractivity contribution is 0.102. The molecule has 4 aromatic rings. The second-order valence-electron chi connectivity index (χ2n) is 7.04. The Hall–Kier alpha value is -3.97. The van der Waals surface area contributed by atoms with Gasteiger partial charge in [0.05, 0.1) is 10.6 Å². The van der Waals surface area contributed by atoms with Crippen molar-refractivity contribution in [1.29, 1.82) is 0 Å². The molecule has 0 radical (unpaired) electrons. The molecule has 0 bridgehead atoms. The Morgan fingerprint density at radius 3 is 2.00 bits per heavy atom. The van der Waals surface area contributed by atoms with Crippen LogP contribution in [-0.4, -0.2) is 14.3 Å². The van der Waals surface area contributed by atoms with E-state index in [4.69, 9.17) is 0 Å². The average Bonchev–Trinajstić information content (AvgIpc) is 2.80. The fraction of sp³-hybridized carbons (Fsp3) is 0. The molecule has 5 nitrogen and oxygen atoms in total. The van der Waals surface area contributed by atoms with E-state index in [2.05, 4.69) is 10.0 Å². The molecule has 0 spiro atoms. The van der Waals surface area contributed by atoms with Crippen LogP contribution in [-0.2, 0) is 10.0 Å². The van der Waals surface area contributed by atoms with Gasteiger partial charge in [-0.3, -0.25) is 9.52 Å². The maximum Gasteiger partial charge on any atom is 0.261 e. The van der Waals surface area contributed by atoms with E-state index in [1.54, 1.807) is 30.3 Å². The molecule has 0 heterocycles. The van der Waals surface area contributed by atoms with Gasteiger partial charge in [-0.25, -0.2) is 12.8 Å². The molecule has 0 unspecified atom stereocenters. The van der Waals surface area contributed by atoms with Crippen LogP contribution >= 0.6 is 0 Å². The normalized spacial score (nSPS) is 11.0. The highest BCUT2D eigenvalue weighted by Gasteiger charge is 2.15. The molecule has 7 heteroatoms. The lowest BCUT2D eigenvalue weighted by Crippen LogP contribution is -2.14. The molecule has 32 heavy (non-hydrogen) atoms. The van der Waals surface area contributed by atoms with Gasteiger partial charge in [-0.15, -0.1) is 0 Å². The summed E-state index contributed by atoms with van der Waals surface area (Å²) in [4.78, 5) is 12.6. The summed E-state index contributed by atoms with van der Waals surface area (Å²) in [6, 6.07) is 27.9. The Balaban J connectivity index is 1.46. The number of amides is 1. The number of nitrogens with one attached hydrogen (secondary N) is 2. The summed E-state index contributed by atoms with van der Waals surface area (Å²) >= 11 is 0. The number of hydrogen-bond acceptors (Lipinski definition) is 3. The van der Waals surface area contributed by atoms with E-state index in [-0.39, 0.29) is 16.5 Å². The van der Waals surface area contributed by atoms with E-state index in [0.29, 0.717) is 11.3 Å². The van der Waals surface area contributed by atoms with Gasteiger partial charge in [0, 0.05) is 11.3 Å². The van der Waals surface area contributed by atoms with Crippen molar-refractivity contribution in [2.75, 3.05) is 10.0 Å². The number of halogens is 1. The van der Waals surface area contributed by atoms with Crippen molar-refractivity contribution in [3.05, 3.63) is 115 Å². The first-order valence-electron chi connectivity index (χ1n) is 9.76. The minimum absolute atomic E-state index is 0.0631. The molecular weight excluding hydrogens is 427 g/mol. The largest absolute Gasteiger partial charge is 0.322 e. The second-order valence-corrected chi connectivity index (χ2v) is 8.72. The van der Waals surface area contributed by atoms with Gasteiger partial charge in [0.25, 0.3) is 15.9 Å². The van der Waals surface area contributed by atoms with E-state index in [1.807, 2.05) is 42.5 Å². The number of carbonyl (C=O) groups excluding carboxylic acids is 1. The van der Waals surface area contributed by atoms with Crippen molar-refractivity contribution < 1.29 is 17.6 Å². The Kier molecular flexibility index (Phi) is 6.00. The Morgan fingerprint density at radius 1 is 0.688 bits per heavy atom. The maximum atomic E-state index is 13.1. The van der Waals surface area contributed by atoms with Crippen molar-refractivity contribution in [3.8, 4) is 11.1 Å². The molecule has 0 fully saturated rings. The van der Waals surface area contributed by atoms with Crippen LogP contribution in [0.3, 0.4) is 0 Å². The van der Waals surface area contributed by atoms with Crippen molar-refractivity contribution >= 4 is 27.3 Å². The lowest BCUT2D eigenvalue weighted by Gasteiger charge is -2.11. The predicted molar refractivity (Wildman–Crippen MR) is 123 cm³/mol. The summed E-state index contributed by atoms with van der Waals surface area (Å²) in [7, 11) is -3.89. The summed E-state index contributed by atoms with van der Waals surface area (Å²) in [5.74, 6) is -0.839. The predicted octanol–water partition coefficient (Wildman–Crippen LogP) is 5.55. The Morgan fingerprint density at radius 2 is 1.31 bits per heavy atom. The van der Waals surface area contributed by atoms with Crippen LogP contribution in [0, 0.1) is 5.82 Å². The SMILES string of the molecule is O=C(Nc1cccc(NS(=O)(=O)c2ccc(F)cc2)c1)c1ccc(-c2ccccc2)cc1. The monoisotopic (exact) mass is 446 g/mol. The van der Waals surface area contributed by atoms with E-state index in [9.17, 15) is 17.6 Å². The summed E-state index contributed by atoms with van der Waals surface area (Å²) in [6.45, 7) is 0. The molecule has 4 rings (SSSR count). The second kappa shape index (κ2) is 9.03. The third-order valence-corrected chi connectivity index (χ3v) is 6.15. The minimum atomic E-state index is -3.89. The van der Waals surface area contributed by atoms with E-state index in [0.717, 1.165) is 23.3 Å². The third kappa shape index (κ3) is 5.01. The molecule has 0 aliphatic heterocycles. The Bertz CT molecular complexity index is 1340. The number of hydrogen-bond donors (Lipinski definition) is 2. The Labute approximate surface area is 185 Å². The zero-order valence-electron chi connectivity index (χ0n) is 16.8. The first-order chi connectivity index (χ1) is 15.4. The molecule has 2 N–H and O–H groups in total. The van der Waals surface area contributed by atoms with Crippen LogP contribution in [0.2, 0.25) is 0 Å². The highest BCUT2D eigenvalue weighted by atomic mass is 32.2. The summed E-state index contributed by atoms with van der Waals surface area (Å²) < 4.78 is 40.5. The zero-order chi connectivity index (χ0) is 22.6.